The van der Waals surface area contributed by atoms with E-state index < -0.39 is 6.10 Å². The fourth-order valence-corrected chi connectivity index (χ4v) is 11.8. The summed E-state index contributed by atoms with van der Waals surface area (Å²) in [6.07, 6.45) is 89.4. The molecule has 0 spiro atoms. The van der Waals surface area contributed by atoms with Crippen LogP contribution in [0.3, 0.4) is 0 Å². The zero-order valence-electron chi connectivity index (χ0n) is 56.5. The molecule has 0 aromatic carbocycles. The number of carbonyl (C=O) groups is 3. The quantitative estimate of drug-likeness (QED) is 0.0261. The first-order valence-corrected chi connectivity index (χ1v) is 37.8. The molecule has 490 valence electrons. The number of carbonyl (C=O) groups excluding carboxylic acids is 3. The summed E-state index contributed by atoms with van der Waals surface area (Å²) in [6, 6.07) is 0. The van der Waals surface area contributed by atoms with Crippen LogP contribution in [0.2, 0.25) is 0 Å². The molecule has 83 heavy (non-hydrogen) atoms. The molecule has 0 heterocycles. The van der Waals surface area contributed by atoms with Crippen molar-refractivity contribution >= 4 is 17.9 Å². The van der Waals surface area contributed by atoms with E-state index in [-0.39, 0.29) is 31.1 Å². The molecule has 0 bridgehead atoms. The lowest BCUT2D eigenvalue weighted by Crippen LogP contribution is -2.30. The Balaban J connectivity index is 4.23. The maximum absolute atomic E-state index is 13.0. The van der Waals surface area contributed by atoms with Gasteiger partial charge >= 0.3 is 17.9 Å². The third-order valence-corrected chi connectivity index (χ3v) is 17.5. The summed E-state index contributed by atoms with van der Waals surface area (Å²) in [7, 11) is 0. The SMILES string of the molecule is CCCCCC/C=C\C/C=C\CCCCCCCC(=O)OCC(COC(=O)CCCCCCCCCCCCCCCCCCCCCCCCCCCCC)OC(=O)CCCCCCCCCCCCCCCCCCCCCCCC. The third kappa shape index (κ3) is 70.5. The first-order valence-electron chi connectivity index (χ1n) is 37.8. The van der Waals surface area contributed by atoms with Crippen LogP contribution in [0.25, 0.3) is 0 Å². The number of allylic oxidation sites excluding steroid dienone is 4. The van der Waals surface area contributed by atoms with E-state index in [1.165, 1.54) is 315 Å². The summed E-state index contributed by atoms with van der Waals surface area (Å²) >= 11 is 0. The predicted molar refractivity (Wildman–Crippen MR) is 363 cm³/mol. The second-order valence-corrected chi connectivity index (χ2v) is 25.9. The molecule has 0 aliphatic heterocycles. The lowest BCUT2D eigenvalue weighted by molar-refractivity contribution is -0.167. The third-order valence-electron chi connectivity index (χ3n) is 17.5. The van der Waals surface area contributed by atoms with Crippen molar-refractivity contribution in [1.82, 2.24) is 0 Å². The molecule has 1 atom stereocenters. The summed E-state index contributed by atoms with van der Waals surface area (Å²) in [5, 5.41) is 0. The standard InChI is InChI=1S/C77H146O6/c1-4-7-10-13-16-19-22-25-28-31-33-35-37-38-39-40-41-43-44-46-49-52-55-58-61-64-67-70-76(79)82-73-74(72-81-75(78)69-66-63-60-57-54-51-48-30-27-24-21-18-15-12-9-6-3)83-77(80)71-68-65-62-59-56-53-50-47-45-42-36-34-32-29-26-23-20-17-14-11-8-5-2/h21,24,30,48,74H,4-20,22-23,25-29,31-47,49-73H2,1-3H3/b24-21-,48-30-. The Morgan fingerprint density at radius 1 is 0.241 bits per heavy atom. The maximum atomic E-state index is 13.0. The summed E-state index contributed by atoms with van der Waals surface area (Å²) in [4.78, 5) is 38.5. The molecule has 0 radical (unpaired) electrons. The predicted octanol–water partition coefficient (Wildman–Crippen LogP) is 26.1. The minimum Gasteiger partial charge on any atom is -0.462 e. The number of unbranched alkanes of at least 4 members (excludes halogenated alkanes) is 56. The van der Waals surface area contributed by atoms with Gasteiger partial charge in [-0.1, -0.05) is 385 Å². The monoisotopic (exact) mass is 1170 g/mol. The van der Waals surface area contributed by atoms with E-state index in [1.54, 1.807) is 0 Å². The van der Waals surface area contributed by atoms with Gasteiger partial charge in [-0.2, -0.15) is 0 Å². The summed E-state index contributed by atoms with van der Waals surface area (Å²) in [6.45, 7) is 6.71. The van der Waals surface area contributed by atoms with Gasteiger partial charge in [-0.3, -0.25) is 14.4 Å². The highest BCUT2D eigenvalue weighted by Crippen LogP contribution is 2.20. The van der Waals surface area contributed by atoms with Crippen molar-refractivity contribution in [3.8, 4) is 0 Å². The molecular weight excluding hydrogens is 1020 g/mol. The topological polar surface area (TPSA) is 78.9 Å². The van der Waals surface area contributed by atoms with E-state index in [9.17, 15) is 14.4 Å². The molecule has 0 rings (SSSR count). The van der Waals surface area contributed by atoms with Crippen LogP contribution in [-0.2, 0) is 28.6 Å². The van der Waals surface area contributed by atoms with Crippen LogP contribution in [0.4, 0.5) is 0 Å². The van der Waals surface area contributed by atoms with Crippen molar-refractivity contribution in [2.45, 2.75) is 438 Å². The molecule has 0 saturated carbocycles. The molecule has 0 aliphatic carbocycles. The summed E-state index contributed by atoms with van der Waals surface area (Å²) < 4.78 is 17.0. The van der Waals surface area contributed by atoms with Crippen LogP contribution in [0.15, 0.2) is 24.3 Å². The van der Waals surface area contributed by atoms with Crippen LogP contribution in [0, 0.1) is 0 Å². The number of ether oxygens (including phenoxy) is 3. The average molecular weight is 1170 g/mol. The molecular formula is C77H146O6. The van der Waals surface area contributed by atoms with Crippen molar-refractivity contribution in [2.24, 2.45) is 0 Å². The lowest BCUT2D eigenvalue weighted by atomic mass is 10.0. The summed E-state index contributed by atoms with van der Waals surface area (Å²) in [5.74, 6) is -0.846. The largest absolute Gasteiger partial charge is 0.462 e. The van der Waals surface area contributed by atoms with Gasteiger partial charge in [0.05, 0.1) is 0 Å². The van der Waals surface area contributed by atoms with Gasteiger partial charge in [0.25, 0.3) is 0 Å². The Kier molecular flexibility index (Phi) is 70.5. The van der Waals surface area contributed by atoms with Crippen LogP contribution in [-0.4, -0.2) is 37.2 Å². The minimum absolute atomic E-state index is 0.0689. The molecule has 6 nitrogen and oxygen atoms in total. The maximum Gasteiger partial charge on any atom is 0.306 e. The van der Waals surface area contributed by atoms with Crippen LogP contribution < -0.4 is 0 Å². The number of hydrogen-bond donors (Lipinski definition) is 0. The second kappa shape index (κ2) is 72.4. The number of rotatable bonds is 71. The Morgan fingerprint density at radius 3 is 0.675 bits per heavy atom. The van der Waals surface area contributed by atoms with Gasteiger partial charge in [-0.15, -0.1) is 0 Å². The van der Waals surface area contributed by atoms with E-state index in [0.29, 0.717) is 19.3 Å². The summed E-state index contributed by atoms with van der Waals surface area (Å²) in [5.41, 5.74) is 0. The zero-order valence-corrected chi connectivity index (χ0v) is 56.5. The van der Waals surface area contributed by atoms with Gasteiger partial charge in [-0.05, 0) is 51.4 Å². The second-order valence-electron chi connectivity index (χ2n) is 25.9. The fourth-order valence-electron chi connectivity index (χ4n) is 11.8. The lowest BCUT2D eigenvalue weighted by Gasteiger charge is -2.18. The molecule has 1 unspecified atom stereocenters. The zero-order chi connectivity index (χ0) is 59.9. The van der Waals surface area contributed by atoms with E-state index in [0.717, 1.165) is 77.0 Å². The van der Waals surface area contributed by atoms with Gasteiger partial charge in [0.15, 0.2) is 6.10 Å². The van der Waals surface area contributed by atoms with Gasteiger partial charge in [0.2, 0.25) is 0 Å². The molecule has 0 N–H and O–H groups in total. The van der Waals surface area contributed by atoms with Gasteiger partial charge in [0.1, 0.15) is 13.2 Å². The van der Waals surface area contributed by atoms with Crippen LogP contribution >= 0.6 is 0 Å². The number of esters is 3. The van der Waals surface area contributed by atoms with Gasteiger partial charge in [-0.25, -0.2) is 0 Å². The van der Waals surface area contributed by atoms with Gasteiger partial charge < -0.3 is 14.2 Å². The van der Waals surface area contributed by atoms with E-state index >= 15 is 0 Å². The number of hydrogen-bond acceptors (Lipinski definition) is 6. The normalized spacial score (nSPS) is 12.1. The first kappa shape index (κ1) is 80.9. The molecule has 0 aromatic rings. The van der Waals surface area contributed by atoms with Gasteiger partial charge in [0, 0.05) is 19.3 Å². The smallest absolute Gasteiger partial charge is 0.306 e. The molecule has 6 heteroatoms. The van der Waals surface area contributed by atoms with Crippen molar-refractivity contribution in [3.63, 3.8) is 0 Å². The van der Waals surface area contributed by atoms with Crippen LogP contribution in [0.5, 0.6) is 0 Å². The molecule has 0 aliphatic rings. The molecule has 0 amide bonds. The van der Waals surface area contributed by atoms with E-state index in [4.69, 9.17) is 14.2 Å². The van der Waals surface area contributed by atoms with E-state index in [2.05, 4.69) is 45.1 Å². The van der Waals surface area contributed by atoms with Crippen molar-refractivity contribution in [3.05, 3.63) is 24.3 Å². The Morgan fingerprint density at radius 2 is 0.434 bits per heavy atom. The minimum atomic E-state index is -0.775. The van der Waals surface area contributed by atoms with Crippen molar-refractivity contribution in [2.75, 3.05) is 13.2 Å². The highest BCUT2D eigenvalue weighted by molar-refractivity contribution is 5.71. The fraction of sp³-hybridized carbons (Fsp3) is 0.909. The first-order chi connectivity index (χ1) is 41.0. The van der Waals surface area contributed by atoms with Crippen LogP contribution in [0.1, 0.15) is 432 Å². The van der Waals surface area contributed by atoms with Crippen molar-refractivity contribution in [1.29, 1.82) is 0 Å². The Hall–Kier alpha value is -2.11. The Bertz CT molecular complexity index is 1340. The molecule has 0 fully saturated rings. The highest BCUT2D eigenvalue weighted by Gasteiger charge is 2.20. The molecule has 0 aromatic heterocycles. The highest BCUT2D eigenvalue weighted by atomic mass is 16.6. The van der Waals surface area contributed by atoms with E-state index in [1.807, 2.05) is 0 Å². The average Bonchev–Trinajstić information content (AvgIpc) is 3.50. The Labute approximate surface area is 519 Å². The van der Waals surface area contributed by atoms with Crippen molar-refractivity contribution < 1.29 is 28.6 Å². The molecule has 0 saturated heterocycles.